The number of nitrogens with one attached hydrogen (secondary N) is 1. The van der Waals surface area contributed by atoms with Crippen LogP contribution in [-0.4, -0.2) is 22.4 Å². The van der Waals surface area contributed by atoms with Crippen molar-refractivity contribution < 1.29 is 4.39 Å². The van der Waals surface area contributed by atoms with Crippen molar-refractivity contribution >= 4 is 0 Å². The van der Waals surface area contributed by atoms with Gasteiger partial charge in [-0.05, 0) is 49.9 Å². The molecule has 0 bridgehead atoms. The molecular formula is C17H24FN3. The van der Waals surface area contributed by atoms with Crippen LogP contribution in [0, 0.1) is 5.82 Å². The topological polar surface area (TPSA) is 29.9 Å². The van der Waals surface area contributed by atoms with E-state index in [1.165, 1.54) is 11.6 Å². The maximum atomic E-state index is 13.8. The highest BCUT2D eigenvalue weighted by atomic mass is 19.1. The first-order chi connectivity index (χ1) is 10.2. The average Bonchev–Trinajstić information content (AvgIpc) is 2.94. The number of aryl methyl sites for hydroxylation is 1. The van der Waals surface area contributed by atoms with Crippen molar-refractivity contribution in [2.45, 2.75) is 45.7 Å². The molecule has 3 nitrogen and oxygen atoms in total. The van der Waals surface area contributed by atoms with Crippen molar-refractivity contribution in [2.75, 3.05) is 6.54 Å². The summed E-state index contributed by atoms with van der Waals surface area (Å²) in [7, 11) is 0. The zero-order chi connectivity index (χ0) is 15.1. The Morgan fingerprint density at radius 2 is 2.05 bits per heavy atom. The summed E-state index contributed by atoms with van der Waals surface area (Å²) in [4.78, 5) is 0. The quantitative estimate of drug-likeness (QED) is 0.809. The number of aromatic nitrogens is 2. The van der Waals surface area contributed by atoms with Crippen LogP contribution in [0.2, 0.25) is 0 Å². The molecule has 2 rings (SSSR count). The van der Waals surface area contributed by atoms with Gasteiger partial charge in [0.2, 0.25) is 0 Å². The summed E-state index contributed by atoms with van der Waals surface area (Å²) >= 11 is 0. The lowest BCUT2D eigenvalue weighted by Crippen LogP contribution is -2.34. The van der Waals surface area contributed by atoms with E-state index in [-0.39, 0.29) is 11.9 Å². The summed E-state index contributed by atoms with van der Waals surface area (Å²) in [5.41, 5.74) is 1.97. The van der Waals surface area contributed by atoms with Gasteiger partial charge in [-0.3, -0.25) is 4.68 Å². The minimum absolute atomic E-state index is 0.120. The van der Waals surface area contributed by atoms with Gasteiger partial charge in [0.1, 0.15) is 5.82 Å². The largest absolute Gasteiger partial charge is 0.313 e. The first-order valence-corrected chi connectivity index (χ1v) is 7.71. The summed E-state index contributed by atoms with van der Waals surface area (Å²) in [6, 6.07) is 7.26. The van der Waals surface area contributed by atoms with E-state index < -0.39 is 0 Å². The van der Waals surface area contributed by atoms with Gasteiger partial charge < -0.3 is 5.32 Å². The smallest absolute Gasteiger partial charge is 0.126 e. The van der Waals surface area contributed by atoms with Gasteiger partial charge in [-0.25, -0.2) is 4.39 Å². The molecule has 0 fully saturated rings. The number of benzene rings is 1. The second-order valence-corrected chi connectivity index (χ2v) is 5.35. The SMILES string of the molecule is CCCNC(Cc1cnn(CC)c1)Cc1ccccc1F. The fourth-order valence-electron chi connectivity index (χ4n) is 2.46. The Hall–Kier alpha value is -1.68. The van der Waals surface area contributed by atoms with E-state index in [2.05, 4.69) is 30.5 Å². The third-order valence-corrected chi connectivity index (χ3v) is 3.60. The fraction of sp³-hybridized carbons (Fsp3) is 0.471. The minimum Gasteiger partial charge on any atom is -0.313 e. The predicted molar refractivity (Wildman–Crippen MR) is 83.8 cm³/mol. The molecule has 2 aromatic rings. The number of rotatable bonds is 8. The normalized spacial score (nSPS) is 12.5. The molecule has 1 unspecified atom stereocenters. The molecule has 0 aliphatic carbocycles. The molecule has 4 heteroatoms. The van der Waals surface area contributed by atoms with Crippen molar-refractivity contribution in [3.8, 4) is 0 Å². The highest BCUT2D eigenvalue weighted by molar-refractivity contribution is 5.19. The van der Waals surface area contributed by atoms with Crippen molar-refractivity contribution in [3.63, 3.8) is 0 Å². The van der Waals surface area contributed by atoms with Gasteiger partial charge >= 0.3 is 0 Å². The van der Waals surface area contributed by atoms with Crippen molar-refractivity contribution in [1.82, 2.24) is 15.1 Å². The van der Waals surface area contributed by atoms with Crippen LogP contribution in [0.25, 0.3) is 0 Å². The van der Waals surface area contributed by atoms with E-state index in [0.29, 0.717) is 6.42 Å². The van der Waals surface area contributed by atoms with E-state index in [9.17, 15) is 4.39 Å². The molecule has 0 amide bonds. The van der Waals surface area contributed by atoms with Crippen molar-refractivity contribution in [3.05, 3.63) is 53.6 Å². The molecule has 1 atom stereocenters. The van der Waals surface area contributed by atoms with Crippen LogP contribution in [0.15, 0.2) is 36.7 Å². The third-order valence-electron chi connectivity index (χ3n) is 3.60. The summed E-state index contributed by atoms with van der Waals surface area (Å²) in [5.74, 6) is -0.120. The molecule has 114 valence electrons. The first kappa shape index (κ1) is 15.7. The van der Waals surface area contributed by atoms with E-state index in [4.69, 9.17) is 0 Å². The molecule has 0 saturated heterocycles. The monoisotopic (exact) mass is 289 g/mol. The molecule has 1 N–H and O–H groups in total. The van der Waals surface area contributed by atoms with Crippen LogP contribution in [0.4, 0.5) is 4.39 Å². The molecule has 0 spiro atoms. The zero-order valence-corrected chi connectivity index (χ0v) is 12.8. The number of nitrogens with zero attached hydrogens (tertiary/aromatic N) is 2. The minimum atomic E-state index is -0.120. The molecule has 1 heterocycles. The molecular weight excluding hydrogens is 265 g/mol. The van der Waals surface area contributed by atoms with Crippen LogP contribution in [0.5, 0.6) is 0 Å². The van der Waals surface area contributed by atoms with Gasteiger partial charge in [-0.1, -0.05) is 25.1 Å². The molecule has 0 aliphatic rings. The Morgan fingerprint density at radius 3 is 2.71 bits per heavy atom. The molecule has 0 saturated carbocycles. The zero-order valence-electron chi connectivity index (χ0n) is 12.8. The number of hydrogen-bond donors (Lipinski definition) is 1. The maximum absolute atomic E-state index is 13.8. The van der Waals surface area contributed by atoms with Crippen LogP contribution >= 0.6 is 0 Å². The van der Waals surface area contributed by atoms with E-state index in [1.807, 2.05) is 23.0 Å². The predicted octanol–water partition coefficient (Wildman–Crippen LogP) is 3.20. The standard InChI is InChI=1S/C17H24FN3/c1-3-9-19-16(10-14-12-20-21(4-2)13-14)11-15-7-5-6-8-17(15)18/h5-8,12-13,16,19H,3-4,9-11H2,1-2H3. The fourth-order valence-corrected chi connectivity index (χ4v) is 2.46. The number of halogens is 1. The second-order valence-electron chi connectivity index (χ2n) is 5.35. The first-order valence-electron chi connectivity index (χ1n) is 7.71. The maximum Gasteiger partial charge on any atom is 0.126 e. The van der Waals surface area contributed by atoms with E-state index >= 15 is 0 Å². The van der Waals surface area contributed by atoms with Crippen molar-refractivity contribution in [2.24, 2.45) is 0 Å². The van der Waals surface area contributed by atoms with Gasteiger partial charge in [0.25, 0.3) is 0 Å². The lowest BCUT2D eigenvalue weighted by Gasteiger charge is -2.18. The third kappa shape index (κ3) is 4.67. The van der Waals surface area contributed by atoms with E-state index in [0.717, 1.165) is 31.5 Å². The molecule has 1 aromatic heterocycles. The van der Waals surface area contributed by atoms with Gasteiger partial charge in [0, 0.05) is 18.8 Å². The summed E-state index contributed by atoms with van der Waals surface area (Å²) in [6.45, 7) is 6.03. The molecule has 0 aliphatic heterocycles. The molecule has 21 heavy (non-hydrogen) atoms. The van der Waals surface area contributed by atoms with Crippen molar-refractivity contribution in [1.29, 1.82) is 0 Å². The second kappa shape index (κ2) is 7.93. The summed E-state index contributed by atoms with van der Waals surface area (Å²) in [5, 5.41) is 7.82. The summed E-state index contributed by atoms with van der Waals surface area (Å²) < 4.78 is 15.8. The Morgan fingerprint density at radius 1 is 1.24 bits per heavy atom. The Kier molecular flexibility index (Phi) is 5.93. The van der Waals surface area contributed by atoms with Gasteiger partial charge in [0.15, 0.2) is 0 Å². The average molecular weight is 289 g/mol. The van der Waals surface area contributed by atoms with Gasteiger partial charge in [0.05, 0.1) is 6.20 Å². The Labute approximate surface area is 126 Å². The lowest BCUT2D eigenvalue weighted by atomic mass is 10.00. The highest BCUT2D eigenvalue weighted by Gasteiger charge is 2.13. The van der Waals surface area contributed by atoms with Gasteiger partial charge in [-0.2, -0.15) is 5.10 Å². The summed E-state index contributed by atoms with van der Waals surface area (Å²) in [6.07, 6.45) is 6.62. The Bertz CT molecular complexity index is 550. The van der Waals surface area contributed by atoms with Crippen LogP contribution < -0.4 is 5.32 Å². The van der Waals surface area contributed by atoms with Crippen LogP contribution in [0.1, 0.15) is 31.4 Å². The van der Waals surface area contributed by atoms with Gasteiger partial charge in [-0.15, -0.1) is 0 Å². The van der Waals surface area contributed by atoms with Crippen LogP contribution in [0.3, 0.4) is 0 Å². The van der Waals surface area contributed by atoms with E-state index in [1.54, 1.807) is 6.07 Å². The Balaban J connectivity index is 2.05. The molecule has 1 aromatic carbocycles. The molecule has 0 radical (unpaired) electrons. The van der Waals surface area contributed by atoms with Crippen LogP contribution in [-0.2, 0) is 19.4 Å². The number of hydrogen-bond acceptors (Lipinski definition) is 2. The highest BCUT2D eigenvalue weighted by Crippen LogP contribution is 2.12. The lowest BCUT2D eigenvalue weighted by molar-refractivity contribution is 0.492.